The maximum absolute atomic E-state index is 11.8. The molecule has 30 heavy (non-hydrogen) atoms. The third kappa shape index (κ3) is 3.61. The molecule has 4 rings (SSSR count). The highest BCUT2D eigenvalue weighted by Gasteiger charge is 2.61. The van der Waals surface area contributed by atoms with Crippen molar-refractivity contribution in [3.8, 4) is 5.75 Å². The average molecular weight is 414 g/mol. The molecule has 0 saturated heterocycles. The first kappa shape index (κ1) is 20.9. The molecule has 3 aliphatic carbocycles. The number of esters is 3. The normalized spacial score (nSPS) is 34.2. The molecule has 6 atom stereocenters. The molecule has 0 unspecified atom stereocenters. The summed E-state index contributed by atoms with van der Waals surface area (Å²) in [4.78, 5) is 34.8. The fourth-order valence-corrected chi connectivity index (χ4v) is 6.44. The minimum absolute atomic E-state index is 0.192. The van der Waals surface area contributed by atoms with Gasteiger partial charge in [-0.25, -0.2) is 0 Å². The monoisotopic (exact) mass is 414 g/mol. The number of fused-ring (bicyclic) bond motifs is 5. The Morgan fingerprint density at radius 1 is 1.00 bits per heavy atom. The Morgan fingerprint density at radius 3 is 2.40 bits per heavy atom. The van der Waals surface area contributed by atoms with Gasteiger partial charge in [0.25, 0.3) is 0 Å². The maximum Gasteiger partial charge on any atom is 0.308 e. The molecule has 162 valence electrons. The lowest BCUT2D eigenvalue weighted by Crippen LogP contribution is -2.46. The summed E-state index contributed by atoms with van der Waals surface area (Å²) in [7, 11) is 0. The first-order chi connectivity index (χ1) is 14.2. The van der Waals surface area contributed by atoms with Gasteiger partial charge < -0.3 is 14.2 Å². The number of ether oxygens (including phenoxy) is 3. The lowest BCUT2D eigenvalue weighted by atomic mass is 9.55. The highest BCUT2D eigenvalue weighted by Crippen LogP contribution is 2.62. The number of carbonyl (C=O) groups is 3. The Morgan fingerprint density at radius 2 is 1.73 bits per heavy atom. The number of hydrogen-bond donors (Lipinski definition) is 0. The van der Waals surface area contributed by atoms with E-state index >= 15 is 0 Å². The molecule has 6 nitrogen and oxygen atoms in total. The molecule has 0 aliphatic heterocycles. The Bertz CT molecular complexity index is 876. The summed E-state index contributed by atoms with van der Waals surface area (Å²) in [5, 5.41) is 0. The van der Waals surface area contributed by atoms with Crippen molar-refractivity contribution in [2.45, 2.75) is 77.9 Å². The van der Waals surface area contributed by atoms with Gasteiger partial charge >= 0.3 is 17.9 Å². The quantitative estimate of drug-likeness (QED) is 0.551. The third-order valence-corrected chi connectivity index (χ3v) is 7.48. The molecule has 0 spiro atoms. The van der Waals surface area contributed by atoms with E-state index in [1.54, 1.807) is 0 Å². The molecule has 0 amide bonds. The molecular formula is C24H30O6. The molecule has 1 aromatic rings. The Balaban J connectivity index is 1.62. The Hall–Kier alpha value is -2.37. The summed E-state index contributed by atoms with van der Waals surface area (Å²) in [6, 6.07) is 5.99. The highest BCUT2D eigenvalue weighted by molar-refractivity contribution is 5.69. The predicted molar refractivity (Wildman–Crippen MR) is 109 cm³/mol. The van der Waals surface area contributed by atoms with Gasteiger partial charge in [0.2, 0.25) is 0 Å². The van der Waals surface area contributed by atoms with Gasteiger partial charge in [0.15, 0.2) is 0 Å². The second-order valence-corrected chi connectivity index (χ2v) is 9.33. The number of benzene rings is 1. The van der Waals surface area contributed by atoms with Crippen LogP contribution < -0.4 is 4.74 Å². The van der Waals surface area contributed by atoms with E-state index in [1.165, 1.54) is 31.9 Å². The molecule has 0 heterocycles. The summed E-state index contributed by atoms with van der Waals surface area (Å²) in [5.41, 5.74) is 2.40. The van der Waals surface area contributed by atoms with Crippen LogP contribution in [0.5, 0.6) is 5.75 Å². The van der Waals surface area contributed by atoms with Crippen LogP contribution >= 0.6 is 0 Å². The molecule has 2 saturated carbocycles. The van der Waals surface area contributed by atoms with E-state index in [0.29, 0.717) is 23.5 Å². The molecule has 0 bridgehead atoms. The molecule has 3 aliphatic rings. The van der Waals surface area contributed by atoms with Crippen molar-refractivity contribution >= 4 is 17.9 Å². The van der Waals surface area contributed by atoms with Crippen LogP contribution in [0.3, 0.4) is 0 Å². The van der Waals surface area contributed by atoms with Crippen LogP contribution in [0, 0.1) is 17.3 Å². The summed E-state index contributed by atoms with van der Waals surface area (Å²) >= 11 is 0. The zero-order chi connectivity index (χ0) is 21.6. The van der Waals surface area contributed by atoms with Gasteiger partial charge in [-0.1, -0.05) is 13.0 Å². The summed E-state index contributed by atoms with van der Waals surface area (Å²) in [5.74, 6) is 0.839. The Kier molecular flexibility index (Phi) is 5.37. The molecule has 2 fully saturated rings. The van der Waals surface area contributed by atoms with Crippen LogP contribution in [0.1, 0.15) is 70.4 Å². The standard InChI is InChI=1S/C24H30O6/c1-13(25)28-17-6-8-18-16(11-17)5-7-20-19(18)9-10-24(4)21(20)12-22(29-14(2)26)23(24)30-15(3)27/h6,8,11,19-23H,5,7,9-10,12H2,1-4H3/t19-,20-,21-,22+,23+,24-/m0/s1. The molecule has 6 heteroatoms. The first-order valence-corrected chi connectivity index (χ1v) is 10.8. The van der Waals surface area contributed by atoms with Crippen molar-refractivity contribution in [3.63, 3.8) is 0 Å². The molecule has 0 aromatic heterocycles. The van der Waals surface area contributed by atoms with Gasteiger partial charge in [0.05, 0.1) is 0 Å². The van der Waals surface area contributed by atoms with E-state index in [0.717, 1.165) is 32.1 Å². The van der Waals surface area contributed by atoms with Crippen molar-refractivity contribution in [1.82, 2.24) is 0 Å². The second kappa shape index (κ2) is 7.71. The third-order valence-electron chi connectivity index (χ3n) is 7.48. The van der Waals surface area contributed by atoms with Crippen molar-refractivity contribution in [3.05, 3.63) is 29.3 Å². The van der Waals surface area contributed by atoms with Gasteiger partial charge in [-0.05, 0) is 73.1 Å². The van der Waals surface area contributed by atoms with Crippen LogP contribution in [0.15, 0.2) is 18.2 Å². The van der Waals surface area contributed by atoms with Crippen LogP contribution in [0.4, 0.5) is 0 Å². The smallest absolute Gasteiger partial charge is 0.308 e. The van der Waals surface area contributed by atoms with Gasteiger partial charge in [-0.3, -0.25) is 14.4 Å². The van der Waals surface area contributed by atoms with Crippen molar-refractivity contribution in [1.29, 1.82) is 0 Å². The fraction of sp³-hybridized carbons (Fsp3) is 0.625. The fourth-order valence-electron chi connectivity index (χ4n) is 6.44. The highest BCUT2D eigenvalue weighted by atomic mass is 16.6. The predicted octanol–water partition coefficient (Wildman–Crippen LogP) is 3.94. The topological polar surface area (TPSA) is 78.9 Å². The molecule has 0 N–H and O–H groups in total. The minimum atomic E-state index is -0.391. The number of carbonyl (C=O) groups excluding carboxylic acids is 3. The van der Waals surface area contributed by atoms with Crippen LogP contribution in [0.2, 0.25) is 0 Å². The average Bonchev–Trinajstić information content (AvgIpc) is 2.92. The maximum atomic E-state index is 11.8. The van der Waals surface area contributed by atoms with E-state index in [-0.39, 0.29) is 29.4 Å². The van der Waals surface area contributed by atoms with Crippen LogP contribution in [0.25, 0.3) is 0 Å². The molecular weight excluding hydrogens is 384 g/mol. The van der Waals surface area contributed by atoms with Gasteiger partial charge in [-0.15, -0.1) is 0 Å². The van der Waals surface area contributed by atoms with Gasteiger partial charge in [0.1, 0.15) is 18.0 Å². The van der Waals surface area contributed by atoms with Crippen molar-refractivity contribution < 1.29 is 28.6 Å². The van der Waals surface area contributed by atoms with E-state index in [1.807, 2.05) is 12.1 Å². The van der Waals surface area contributed by atoms with Crippen molar-refractivity contribution in [2.75, 3.05) is 0 Å². The lowest BCUT2D eigenvalue weighted by molar-refractivity contribution is -0.171. The van der Waals surface area contributed by atoms with Gasteiger partial charge in [-0.2, -0.15) is 0 Å². The summed E-state index contributed by atoms with van der Waals surface area (Å²) in [6.45, 7) is 6.45. The first-order valence-electron chi connectivity index (χ1n) is 10.8. The molecule has 0 radical (unpaired) electrons. The van der Waals surface area contributed by atoms with E-state index in [2.05, 4.69) is 13.0 Å². The number of aryl methyl sites for hydroxylation is 1. The van der Waals surface area contributed by atoms with E-state index in [9.17, 15) is 14.4 Å². The second-order valence-electron chi connectivity index (χ2n) is 9.33. The molecule has 1 aromatic carbocycles. The van der Waals surface area contributed by atoms with Crippen LogP contribution in [-0.2, 0) is 30.3 Å². The van der Waals surface area contributed by atoms with Crippen LogP contribution in [-0.4, -0.2) is 30.1 Å². The Labute approximate surface area is 177 Å². The number of rotatable bonds is 3. The van der Waals surface area contributed by atoms with E-state index < -0.39 is 6.10 Å². The van der Waals surface area contributed by atoms with Crippen molar-refractivity contribution in [2.24, 2.45) is 17.3 Å². The minimum Gasteiger partial charge on any atom is -0.459 e. The van der Waals surface area contributed by atoms with Gasteiger partial charge in [0, 0.05) is 26.2 Å². The summed E-state index contributed by atoms with van der Waals surface area (Å²) in [6.07, 6.45) is 3.83. The summed E-state index contributed by atoms with van der Waals surface area (Å²) < 4.78 is 16.6. The van der Waals surface area contributed by atoms with E-state index in [4.69, 9.17) is 14.2 Å². The zero-order valence-corrected chi connectivity index (χ0v) is 18.1. The largest absolute Gasteiger partial charge is 0.459 e. The lowest BCUT2D eigenvalue weighted by Gasteiger charge is -2.50. The SMILES string of the molecule is CC(=O)Oc1ccc2c(c1)CC[C@H]1[C@H]2CC[C@]2(C)[C@H](OC(C)=O)[C@H](OC(C)=O)C[C@@H]12. The number of hydrogen-bond acceptors (Lipinski definition) is 6. The zero-order valence-electron chi connectivity index (χ0n) is 18.1.